The molecule has 9 nitrogen and oxygen atoms in total. The Kier molecular flexibility index (Phi) is 7.47. The number of hydrogen-bond acceptors (Lipinski definition) is 6. The molecular weight excluding hydrogens is 476 g/mol. The topological polar surface area (TPSA) is 93.8 Å². The molecule has 0 amide bonds. The van der Waals surface area contributed by atoms with E-state index in [1.54, 1.807) is 6.92 Å². The maximum Gasteiger partial charge on any atom is 0.153 e. The summed E-state index contributed by atoms with van der Waals surface area (Å²) in [6, 6.07) is 7.34. The monoisotopic (exact) mass is 518 g/mol. The van der Waals surface area contributed by atoms with Crippen LogP contribution in [0, 0.1) is 5.41 Å². The van der Waals surface area contributed by atoms with Gasteiger partial charge in [-0.05, 0) is 65.6 Å². The molecule has 0 aliphatic carbocycles. The van der Waals surface area contributed by atoms with Crippen LogP contribution in [-0.2, 0) is 7.05 Å². The third-order valence-corrected chi connectivity index (χ3v) is 7.66. The highest BCUT2D eigenvalue weighted by Crippen LogP contribution is 2.40. The number of aryl methyl sites for hydroxylation is 1. The first-order valence-electron chi connectivity index (χ1n) is 13.9. The van der Waals surface area contributed by atoms with E-state index in [0.717, 1.165) is 35.7 Å². The molecule has 0 spiro atoms. The molecule has 9 heteroatoms. The SMILES string of the molecule is CC(=N)/N=C(\NC(C)C)C1=CN2CCOc3cc(-c4cnn(C)c4C4CCCN(C(C)C)C4)ccc3C2N1. The third-order valence-electron chi connectivity index (χ3n) is 7.66. The van der Waals surface area contributed by atoms with Crippen molar-refractivity contribution in [3.05, 3.63) is 47.6 Å². The van der Waals surface area contributed by atoms with Gasteiger partial charge in [0.25, 0.3) is 0 Å². The highest BCUT2D eigenvalue weighted by molar-refractivity contribution is 6.04. The number of ether oxygens (including phenoxy) is 1. The maximum absolute atomic E-state index is 7.89. The molecule has 0 radical (unpaired) electrons. The molecule has 1 aromatic carbocycles. The maximum atomic E-state index is 7.89. The number of piperidine rings is 1. The highest BCUT2D eigenvalue weighted by atomic mass is 16.5. The lowest BCUT2D eigenvalue weighted by molar-refractivity contribution is 0.165. The second-order valence-electron chi connectivity index (χ2n) is 11.3. The van der Waals surface area contributed by atoms with E-state index >= 15 is 0 Å². The Morgan fingerprint density at radius 2 is 2.05 bits per heavy atom. The van der Waals surface area contributed by atoms with E-state index in [1.165, 1.54) is 30.6 Å². The molecule has 38 heavy (non-hydrogen) atoms. The standard InChI is InChI=1S/C29H42N8O/c1-18(2)32-28(33-20(5)30)25-17-37-12-13-38-26-14-21(9-10-23(26)29(37)34-25)24-15-31-35(6)27(24)22-8-7-11-36(16-22)19(3)4/h9-10,14-15,17-19,22,29,34H,7-8,11-13,16H2,1-6H3,(H2,30,32,33). The van der Waals surface area contributed by atoms with Crippen LogP contribution in [-0.4, -0.2) is 69.6 Å². The second-order valence-corrected chi connectivity index (χ2v) is 11.3. The number of nitrogens with one attached hydrogen (secondary N) is 3. The Morgan fingerprint density at radius 3 is 2.79 bits per heavy atom. The van der Waals surface area contributed by atoms with Crippen LogP contribution in [0.4, 0.5) is 0 Å². The number of likely N-dealkylation sites (tertiary alicyclic amines) is 1. The van der Waals surface area contributed by atoms with Crippen molar-refractivity contribution in [1.29, 1.82) is 5.41 Å². The molecule has 0 bridgehead atoms. The third kappa shape index (κ3) is 5.29. The Labute approximate surface area is 226 Å². The van der Waals surface area contributed by atoms with Crippen molar-refractivity contribution in [3.63, 3.8) is 0 Å². The van der Waals surface area contributed by atoms with Crippen molar-refractivity contribution < 1.29 is 4.74 Å². The van der Waals surface area contributed by atoms with Crippen LogP contribution in [0.5, 0.6) is 5.75 Å². The van der Waals surface area contributed by atoms with Crippen molar-refractivity contribution in [2.75, 3.05) is 26.2 Å². The van der Waals surface area contributed by atoms with Gasteiger partial charge in [0.05, 0.1) is 24.1 Å². The predicted octanol–water partition coefficient (Wildman–Crippen LogP) is 4.21. The van der Waals surface area contributed by atoms with Crippen molar-refractivity contribution in [1.82, 2.24) is 30.2 Å². The van der Waals surface area contributed by atoms with Crippen LogP contribution >= 0.6 is 0 Å². The Balaban J connectivity index is 1.43. The van der Waals surface area contributed by atoms with Gasteiger partial charge in [-0.1, -0.05) is 12.1 Å². The highest BCUT2D eigenvalue weighted by Gasteiger charge is 2.33. The van der Waals surface area contributed by atoms with Crippen LogP contribution in [0.3, 0.4) is 0 Å². The zero-order valence-corrected chi connectivity index (χ0v) is 23.6. The molecule has 2 atom stereocenters. The fourth-order valence-electron chi connectivity index (χ4n) is 5.86. The number of benzene rings is 1. The average Bonchev–Trinajstić information content (AvgIpc) is 3.42. The van der Waals surface area contributed by atoms with Gasteiger partial charge in [-0.25, -0.2) is 4.99 Å². The van der Waals surface area contributed by atoms with Gasteiger partial charge < -0.3 is 25.2 Å². The quantitative estimate of drug-likeness (QED) is 0.406. The Bertz CT molecular complexity index is 1240. The van der Waals surface area contributed by atoms with E-state index < -0.39 is 0 Å². The van der Waals surface area contributed by atoms with Gasteiger partial charge in [0.2, 0.25) is 0 Å². The van der Waals surface area contributed by atoms with Crippen molar-refractivity contribution in [2.24, 2.45) is 12.0 Å². The second kappa shape index (κ2) is 10.8. The smallest absolute Gasteiger partial charge is 0.153 e. The fraction of sp³-hybridized carbons (Fsp3) is 0.552. The first-order chi connectivity index (χ1) is 18.2. The van der Waals surface area contributed by atoms with Gasteiger partial charge in [-0.15, -0.1) is 0 Å². The summed E-state index contributed by atoms with van der Waals surface area (Å²) in [4.78, 5) is 9.29. The lowest BCUT2D eigenvalue weighted by Gasteiger charge is -2.36. The molecule has 4 heterocycles. The number of aliphatic imine (C=N–C) groups is 1. The van der Waals surface area contributed by atoms with Gasteiger partial charge in [0.15, 0.2) is 5.84 Å². The lowest BCUT2D eigenvalue weighted by Crippen LogP contribution is -2.39. The fourth-order valence-corrected chi connectivity index (χ4v) is 5.86. The molecular formula is C29H42N8O. The summed E-state index contributed by atoms with van der Waals surface area (Å²) < 4.78 is 8.36. The summed E-state index contributed by atoms with van der Waals surface area (Å²) in [5.74, 6) is 2.34. The zero-order valence-electron chi connectivity index (χ0n) is 23.6. The van der Waals surface area contributed by atoms with E-state index in [-0.39, 0.29) is 18.0 Å². The number of fused-ring (bicyclic) bond motifs is 3. The van der Waals surface area contributed by atoms with Crippen LogP contribution in [0.25, 0.3) is 11.1 Å². The van der Waals surface area contributed by atoms with Gasteiger partial charge in [-0.3, -0.25) is 10.1 Å². The molecule has 1 saturated heterocycles. The molecule has 1 fully saturated rings. The summed E-state index contributed by atoms with van der Waals surface area (Å²) in [6.45, 7) is 14.0. The van der Waals surface area contributed by atoms with Crippen LogP contribution in [0.2, 0.25) is 0 Å². The summed E-state index contributed by atoms with van der Waals surface area (Å²) in [5.41, 5.74) is 5.66. The minimum Gasteiger partial charge on any atom is -0.491 e. The van der Waals surface area contributed by atoms with E-state index in [0.29, 0.717) is 24.4 Å². The van der Waals surface area contributed by atoms with E-state index in [4.69, 9.17) is 10.1 Å². The largest absolute Gasteiger partial charge is 0.491 e. The van der Waals surface area contributed by atoms with Crippen LogP contribution in [0.15, 0.2) is 41.3 Å². The first-order valence-corrected chi connectivity index (χ1v) is 13.9. The minimum atomic E-state index is -0.0481. The molecule has 5 rings (SSSR count). The molecule has 3 aliphatic heterocycles. The molecule has 3 N–H and O–H groups in total. The van der Waals surface area contributed by atoms with Gasteiger partial charge in [0, 0.05) is 48.9 Å². The number of amidine groups is 2. The number of nitrogens with zero attached hydrogens (tertiary/aromatic N) is 5. The summed E-state index contributed by atoms with van der Waals surface area (Å²) >= 11 is 0. The molecule has 0 saturated carbocycles. The molecule has 204 valence electrons. The average molecular weight is 519 g/mol. The van der Waals surface area contributed by atoms with E-state index in [2.05, 4.69) is 94.3 Å². The summed E-state index contributed by atoms with van der Waals surface area (Å²) in [6.07, 6.45) is 6.47. The van der Waals surface area contributed by atoms with Gasteiger partial charge in [0.1, 0.15) is 24.4 Å². The number of aromatic nitrogens is 2. The molecule has 1 aromatic heterocycles. The van der Waals surface area contributed by atoms with Crippen LogP contribution < -0.4 is 15.4 Å². The van der Waals surface area contributed by atoms with Gasteiger partial charge >= 0.3 is 0 Å². The van der Waals surface area contributed by atoms with E-state index in [1.807, 2.05) is 6.20 Å². The van der Waals surface area contributed by atoms with Gasteiger partial charge in [-0.2, -0.15) is 5.10 Å². The number of rotatable bonds is 5. The minimum absolute atomic E-state index is 0.0481. The van der Waals surface area contributed by atoms with Crippen molar-refractivity contribution >= 4 is 11.7 Å². The summed E-state index contributed by atoms with van der Waals surface area (Å²) in [5, 5.41) is 19.6. The summed E-state index contributed by atoms with van der Waals surface area (Å²) in [7, 11) is 2.07. The lowest BCUT2D eigenvalue weighted by atomic mass is 9.89. The van der Waals surface area contributed by atoms with Crippen molar-refractivity contribution in [2.45, 2.75) is 71.6 Å². The molecule has 2 aromatic rings. The molecule has 2 unspecified atom stereocenters. The van der Waals surface area contributed by atoms with E-state index in [9.17, 15) is 0 Å². The van der Waals surface area contributed by atoms with Crippen molar-refractivity contribution in [3.8, 4) is 16.9 Å². The predicted molar refractivity (Wildman–Crippen MR) is 153 cm³/mol. The molecule has 3 aliphatic rings. The zero-order chi connectivity index (χ0) is 27.0. The normalized spacial score (nSPS) is 21.9. The first kappa shape index (κ1) is 26.3. The number of hydrogen-bond donors (Lipinski definition) is 3. The Morgan fingerprint density at radius 1 is 1.24 bits per heavy atom. The Hall–Kier alpha value is -3.33. The van der Waals surface area contributed by atoms with Crippen LogP contribution in [0.1, 0.15) is 70.8 Å².